The number of nitrogens with one attached hydrogen (secondary N) is 3. The van der Waals surface area contributed by atoms with Gasteiger partial charge in [-0.05, 0) is 204 Å². The molecular formula is C92H110B2Cl6F3N8O28PSU. The summed E-state index contributed by atoms with van der Waals surface area (Å²) in [5, 5.41) is -2.32. The van der Waals surface area contributed by atoms with Gasteiger partial charge in [0.15, 0.2) is 0 Å². The Morgan fingerprint density at radius 2 is 0.711 bits per heavy atom. The summed E-state index contributed by atoms with van der Waals surface area (Å²) in [5.41, 5.74) is 4.06. The van der Waals surface area contributed by atoms with E-state index in [2.05, 4.69) is 114 Å². The third kappa shape index (κ3) is 35.2. The molecule has 8 aromatic heterocycles. The summed E-state index contributed by atoms with van der Waals surface area (Å²) in [6.07, 6.45) is 2.94. The number of carbonyl (C=O) groups excluding carboxylic acids is 8. The van der Waals surface area contributed by atoms with Gasteiger partial charge in [0, 0.05) is 128 Å². The molecule has 0 saturated carbocycles. The number of rotatable bonds is 7. The molecule has 12 atom stereocenters. The smallest absolute Gasteiger partial charge is 0.481 e. The second-order valence-corrected chi connectivity index (χ2v) is 41.8. The number of allylic oxidation sites excluding steroid dienone is 4. The summed E-state index contributed by atoms with van der Waals surface area (Å²) in [7, 11) is 4.93. The third-order valence-corrected chi connectivity index (χ3v) is 24.1. The molecule has 142 heavy (non-hydrogen) atoms. The van der Waals surface area contributed by atoms with Gasteiger partial charge in [-0.25, -0.2) is 63.3 Å². The van der Waals surface area contributed by atoms with E-state index in [4.69, 9.17) is 106 Å². The number of cyclic esters (lactones) is 6. The average molecular weight is 2370 g/mol. The van der Waals surface area contributed by atoms with Crippen molar-refractivity contribution in [1.82, 2.24) is 39.9 Å². The molecule has 15 rings (SSSR count). The zero-order chi connectivity index (χ0) is 108. The maximum absolute atomic E-state index is 11.5. The number of hydrogen-bond donors (Lipinski definition) is 4. The molecule has 50 heteroatoms. The zero-order valence-electron chi connectivity index (χ0n) is 82.9. The quantitative estimate of drug-likeness (QED) is 0.0219. The summed E-state index contributed by atoms with van der Waals surface area (Å²) in [5.74, 6) is -1.13. The molecule has 36 nitrogen and oxygen atoms in total. The Bertz CT molecular complexity index is 5970. The van der Waals surface area contributed by atoms with Crippen LogP contribution in [0.4, 0.5) is 13.2 Å². The fraction of sp³-hybridized carbons (Fsp3) is 0.435. The van der Waals surface area contributed by atoms with Crippen molar-refractivity contribution in [2.75, 3.05) is 35.5 Å². The fourth-order valence-electron chi connectivity index (χ4n) is 12.7. The van der Waals surface area contributed by atoms with Crippen molar-refractivity contribution in [2.45, 2.75) is 227 Å². The summed E-state index contributed by atoms with van der Waals surface area (Å²) in [4.78, 5) is 153. The summed E-state index contributed by atoms with van der Waals surface area (Å²) in [6.45, 7) is 38.8. The van der Waals surface area contributed by atoms with Crippen LogP contribution in [0.2, 0.25) is 15.5 Å². The maximum atomic E-state index is 11.5. The number of H-pyrrole nitrogens is 3. The van der Waals surface area contributed by atoms with Crippen LogP contribution in [0.15, 0.2) is 129 Å². The fourth-order valence-corrected chi connectivity index (χ4v) is 13.2. The Morgan fingerprint density at radius 1 is 0.451 bits per heavy atom. The van der Waals surface area contributed by atoms with Crippen LogP contribution in [-0.4, -0.2) is 206 Å². The van der Waals surface area contributed by atoms with Gasteiger partial charge in [0.1, 0.15) is 52.1 Å². The molecule has 15 heterocycles. The Kier molecular flexibility index (Phi) is 48.5. The molecule has 0 aliphatic carbocycles. The number of alkyl halides is 3. The van der Waals surface area contributed by atoms with Crippen LogP contribution >= 0.6 is 73.7 Å². The van der Waals surface area contributed by atoms with Crippen molar-refractivity contribution in [3.8, 4) is 17.6 Å². The molecule has 0 amide bonds. The minimum absolute atomic E-state index is 0. The van der Waals surface area contributed by atoms with Crippen LogP contribution in [0.1, 0.15) is 297 Å². The number of halogens is 9. The standard InChI is InChI=1S/C12H15NO3.C11H13NO3.C10H19BO2.2C10H10ClNO2.3C10H11NO3.C8H8ClNO3.CHF3O3S.BH.Cl3OP.U/c1-5-8(2)11-9(12(14)16-4)6-7-10(13-11)15-3;1-6-7(2)15-11(13)8-4-5-9(14-3)12-10(6)8;1-7-8(2)11-12-9(3,4)10(5,6)13-11;2*1-5-6(2)14-10(13)7-3-4-8(11)12-9(5)7;3*1-5-6(2)14-10(13)7-3-4-8(12)11-9(5)7;1-12-6-4-3-5(7(9)10-6)8(11)13-2;2-1(3,4)8(5,6)7;;1-5(2,3)4;/h5-7H,1-4H3;4-7H,1-3H3;7H,1-6H3;2*3-6H,1-2H3;3*3-6H,1-2H3,(H,11,12);3-4H,1-2H3;(H,5,6,7);1H;;/b8-5+;;8-7+;;;;;;;;;;/t;;;5-,6+;5-,6-;5-,6+;5-,6-;;;;;;/m...1010....../s1/i;;;;;;;;;;1D;;. The molecule has 7 aliphatic rings. The Hall–Kier alpha value is -9.99. The Morgan fingerprint density at radius 3 is 1.00 bits per heavy atom. The van der Waals surface area contributed by atoms with Gasteiger partial charge in [0.05, 0.1) is 114 Å². The number of carbonyl (C=O) groups is 8. The molecule has 4 N–H and O–H groups in total. The average Bonchev–Trinajstić information content (AvgIpc) is 1.68. The van der Waals surface area contributed by atoms with E-state index in [9.17, 15) is 70.5 Å². The van der Waals surface area contributed by atoms with Crippen LogP contribution < -0.4 is 30.9 Å². The van der Waals surface area contributed by atoms with Crippen LogP contribution in [0.3, 0.4) is 0 Å². The normalized spacial score (nSPS) is 20.9. The van der Waals surface area contributed by atoms with Crippen LogP contribution in [0.5, 0.6) is 17.6 Å². The van der Waals surface area contributed by atoms with Gasteiger partial charge in [0.2, 0.25) is 34.3 Å². The van der Waals surface area contributed by atoms with Gasteiger partial charge in [-0.15, -0.1) is 0 Å². The summed E-state index contributed by atoms with van der Waals surface area (Å²) < 4.78 is 139. The topological polar surface area (TPSA) is 491 Å². The first-order chi connectivity index (χ1) is 66.0. The van der Waals surface area contributed by atoms with Crippen LogP contribution in [0, 0.1) is 31.1 Å². The van der Waals surface area contributed by atoms with E-state index in [1.807, 2.05) is 123 Å². The first-order valence-electron chi connectivity index (χ1n) is 43.1. The molecule has 2 radical (unpaired) electrons. The van der Waals surface area contributed by atoms with Gasteiger partial charge < -0.3 is 76.4 Å². The van der Waals surface area contributed by atoms with Gasteiger partial charge in [-0.2, -0.15) is 21.6 Å². The van der Waals surface area contributed by atoms with Crippen molar-refractivity contribution in [3.63, 3.8) is 0 Å². The number of esters is 8. The molecule has 1 fully saturated rings. The van der Waals surface area contributed by atoms with E-state index in [-0.39, 0.29) is 185 Å². The molecule has 770 valence electrons. The van der Waals surface area contributed by atoms with Gasteiger partial charge in [0.25, 0.3) is 0 Å². The molecule has 1 saturated heterocycles. The molecule has 4 unspecified atom stereocenters. The molecule has 7 aliphatic heterocycles. The van der Waals surface area contributed by atoms with Gasteiger partial charge >= 0.3 is 75.7 Å². The van der Waals surface area contributed by atoms with E-state index in [1.165, 1.54) is 77.0 Å². The Balaban J connectivity index is 0.000000406. The number of ether oxygens (including phenoxy) is 11. The minimum atomic E-state index is -5.84. The van der Waals surface area contributed by atoms with Gasteiger partial charge in [-0.1, -0.05) is 88.5 Å². The predicted molar refractivity (Wildman–Crippen MR) is 524 cm³/mol. The van der Waals surface area contributed by atoms with Crippen molar-refractivity contribution >= 4 is 153 Å². The Labute approximate surface area is 875 Å². The molecule has 0 spiro atoms. The van der Waals surface area contributed by atoms with Crippen molar-refractivity contribution in [3.05, 3.63) is 246 Å². The van der Waals surface area contributed by atoms with Crippen molar-refractivity contribution in [2.24, 2.45) is 0 Å². The number of methoxy groups -OCH3 is 5. The van der Waals surface area contributed by atoms with Crippen LogP contribution in [0.25, 0.3) is 5.57 Å². The number of aromatic amines is 3. The minimum Gasteiger partial charge on any atom is -0.481 e. The monoisotopic (exact) mass is 2370 g/mol. The largest absolute Gasteiger partial charge is 0.522 e. The van der Waals surface area contributed by atoms with Gasteiger partial charge in [-0.3, -0.25) is 23.5 Å². The number of nitrogens with zero attached hydrogens (tertiary/aromatic N) is 5. The number of hydrogen-bond acceptors (Lipinski definition) is 32. The molecular weight excluding hydrogens is 2260 g/mol. The van der Waals surface area contributed by atoms with Crippen molar-refractivity contribution < 1.29 is 162 Å². The number of pyridine rings is 8. The summed E-state index contributed by atoms with van der Waals surface area (Å²) >= 11 is 31.1. The predicted octanol–water partition coefficient (Wildman–Crippen LogP) is 18.6. The SMILES string of the molecule is C/C=C(\C)B1OC(C)(C)C(C)(C)O1.C/C=C(\C)c1nc(OC)ccc1C(=O)OC.CC1OC(=O)c2ccc(=O)[nH]c2C1C.COC(=O)c1ccc(OC)nc1Cl.COc1ccc2c(n1)C(C)C(C)OC2=O.C[C@@H]1OC(=O)c2ccc(=O)[nH]c2[C@@H]1C.C[C@@H]1OC(=O)c2ccc(=O)[nH]c2[C@H]1C.C[C@@H]1OC(=O)c2ccc(Cl)nc2[C@@H]1C.C[C@@H]1OC(=O)c2ccc(Cl)nc2[C@H]1C.O=P(Cl)(Cl)Cl.O=S(=O)(O)C(F)(F)F.[2H][B].[U]. The molecule has 8 aromatic rings. The third-order valence-electron chi connectivity index (χ3n) is 22.8. The number of aromatic nitrogens is 8. The first kappa shape index (κ1) is 124. The number of fused-ring (bicyclic) bond motifs is 6. The molecule has 0 bridgehead atoms. The first-order valence-corrected chi connectivity index (χ1v) is 49.6. The second kappa shape index (κ2) is 55.4. The van der Waals surface area contributed by atoms with Crippen LogP contribution in [-0.2, 0) is 61.9 Å². The van der Waals surface area contributed by atoms with E-state index in [0.29, 0.717) is 89.7 Å². The second-order valence-electron chi connectivity index (χ2n) is 32.6. The molecule has 0 aromatic carbocycles. The zero-order valence-corrected chi connectivity index (χ0v) is 92.3. The summed E-state index contributed by atoms with van der Waals surface area (Å²) in [6, 6.07) is 24.8. The maximum Gasteiger partial charge on any atom is 0.522 e. The van der Waals surface area contributed by atoms with Crippen molar-refractivity contribution in [1.29, 1.82) is 1.34 Å². The van der Waals surface area contributed by atoms with E-state index in [0.717, 1.165) is 28.1 Å². The van der Waals surface area contributed by atoms with E-state index >= 15 is 0 Å². The van der Waals surface area contributed by atoms with E-state index in [1.54, 1.807) is 55.6 Å². The van der Waals surface area contributed by atoms with E-state index < -0.39 is 32.8 Å².